The Balaban J connectivity index is 2.40. The summed E-state index contributed by atoms with van der Waals surface area (Å²) in [5.74, 6) is 0.843. The molecule has 0 bridgehead atoms. The molecular formula is C12H23N3O2S. The van der Waals surface area contributed by atoms with Crippen LogP contribution in [0.5, 0.6) is 0 Å². The number of aromatic nitrogens is 2. The van der Waals surface area contributed by atoms with Crippen LogP contribution in [0.2, 0.25) is 0 Å². The predicted octanol–water partition coefficient (Wildman–Crippen LogP) is 1.06. The number of nitrogens with one attached hydrogen (secondary N) is 1. The van der Waals surface area contributed by atoms with Crippen molar-refractivity contribution in [3.63, 3.8) is 0 Å². The molecule has 0 radical (unpaired) electrons. The normalized spacial score (nSPS) is 12.2. The molecule has 0 saturated carbocycles. The molecule has 0 atom stereocenters. The minimum Gasteiger partial charge on any atom is -0.333 e. The van der Waals surface area contributed by atoms with E-state index < -0.39 is 9.84 Å². The summed E-state index contributed by atoms with van der Waals surface area (Å²) in [5, 5.41) is 3.36. The molecule has 1 heterocycles. The van der Waals surface area contributed by atoms with Gasteiger partial charge in [-0.2, -0.15) is 0 Å². The summed E-state index contributed by atoms with van der Waals surface area (Å²) in [6, 6.07) is 0. The third-order valence-corrected chi connectivity index (χ3v) is 3.60. The fourth-order valence-corrected chi connectivity index (χ4v) is 2.34. The Bertz CT molecular complexity index is 452. The van der Waals surface area contributed by atoms with Crippen molar-refractivity contribution in [1.82, 2.24) is 14.9 Å². The molecule has 0 fully saturated rings. The third-order valence-electron chi connectivity index (χ3n) is 2.57. The molecule has 1 aromatic heterocycles. The lowest BCUT2D eigenvalue weighted by Crippen LogP contribution is -2.21. The average molecular weight is 273 g/mol. The fourth-order valence-electron chi connectivity index (χ4n) is 1.68. The van der Waals surface area contributed by atoms with Crippen LogP contribution >= 0.6 is 0 Å². The van der Waals surface area contributed by atoms with Crippen LogP contribution in [0.15, 0.2) is 12.5 Å². The first kappa shape index (κ1) is 15.2. The summed E-state index contributed by atoms with van der Waals surface area (Å²) >= 11 is 0. The summed E-state index contributed by atoms with van der Waals surface area (Å²) in [6.45, 7) is 6.77. The van der Waals surface area contributed by atoms with Gasteiger partial charge in [0, 0.05) is 25.5 Å². The molecule has 5 nitrogen and oxygen atoms in total. The van der Waals surface area contributed by atoms with E-state index in [1.807, 2.05) is 10.8 Å². The van der Waals surface area contributed by atoms with Gasteiger partial charge >= 0.3 is 0 Å². The van der Waals surface area contributed by atoms with Gasteiger partial charge in [-0.25, -0.2) is 13.4 Å². The molecule has 1 N–H and O–H groups in total. The standard InChI is InChI=1S/C12H23N3O2S/c1-11(2)7-13-8-12-9-14-10-15(12)5-4-6-18(3,16)17/h9-11,13H,4-8H2,1-3H3. The summed E-state index contributed by atoms with van der Waals surface area (Å²) < 4.78 is 24.1. The smallest absolute Gasteiger partial charge is 0.147 e. The van der Waals surface area contributed by atoms with Gasteiger partial charge in [-0.3, -0.25) is 0 Å². The van der Waals surface area contributed by atoms with Crippen LogP contribution in [0.3, 0.4) is 0 Å². The van der Waals surface area contributed by atoms with Gasteiger partial charge < -0.3 is 9.88 Å². The Morgan fingerprint density at radius 1 is 1.44 bits per heavy atom. The number of aryl methyl sites for hydroxylation is 1. The second kappa shape index (κ2) is 6.89. The van der Waals surface area contributed by atoms with E-state index in [2.05, 4.69) is 24.1 Å². The molecular weight excluding hydrogens is 250 g/mol. The third kappa shape index (κ3) is 6.16. The van der Waals surface area contributed by atoms with E-state index in [-0.39, 0.29) is 5.75 Å². The minimum atomic E-state index is -2.87. The van der Waals surface area contributed by atoms with Gasteiger partial charge in [0.05, 0.1) is 17.8 Å². The quantitative estimate of drug-likeness (QED) is 0.769. The molecule has 0 aliphatic rings. The average Bonchev–Trinajstić information content (AvgIpc) is 2.63. The molecule has 1 aromatic rings. The van der Waals surface area contributed by atoms with Crippen molar-refractivity contribution in [3.8, 4) is 0 Å². The first-order valence-electron chi connectivity index (χ1n) is 6.26. The van der Waals surface area contributed by atoms with Crippen LogP contribution in [0.1, 0.15) is 26.0 Å². The van der Waals surface area contributed by atoms with E-state index in [4.69, 9.17) is 0 Å². The Labute approximate surface area is 110 Å². The molecule has 6 heteroatoms. The van der Waals surface area contributed by atoms with Crippen molar-refractivity contribution in [1.29, 1.82) is 0 Å². The molecule has 0 aliphatic heterocycles. The highest BCUT2D eigenvalue weighted by molar-refractivity contribution is 7.90. The number of nitrogens with zero attached hydrogens (tertiary/aromatic N) is 2. The van der Waals surface area contributed by atoms with Gasteiger partial charge in [0.25, 0.3) is 0 Å². The lowest BCUT2D eigenvalue weighted by Gasteiger charge is -2.10. The molecule has 104 valence electrons. The topological polar surface area (TPSA) is 64.0 Å². The van der Waals surface area contributed by atoms with Gasteiger partial charge in [-0.05, 0) is 18.9 Å². The van der Waals surface area contributed by atoms with Gasteiger partial charge in [-0.1, -0.05) is 13.8 Å². The van der Waals surface area contributed by atoms with Gasteiger partial charge in [-0.15, -0.1) is 0 Å². The van der Waals surface area contributed by atoms with E-state index >= 15 is 0 Å². The van der Waals surface area contributed by atoms with Crippen LogP contribution in [0.4, 0.5) is 0 Å². The summed E-state index contributed by atoms with van der Waals surface area (Å²) in [4.78, 5) is 4.11. The van der Waals surface area contributed by atoms with E-state index in [0.717, 1.165) is 18.8 Å². The molecule has 0 aromatic carbocycles. The Morgan fingerprint density at radius 2 is 2.17 bits per heavy atom. The van der Waals surface area contributed by atoms with Crippen LogP contribution in [0, 0.1) is 5.92 Å². The fraction of sp³-hybridized carbons (Fsp3) is 0.750. The SMILES string of the molecule is CC(C)CNCc1cncn1CCCS(C)(=O)=O. The maximum atomic E-state index is 11.1. The largest absolute Gasteiger partial charge is 0.333 e. The van der Waals surface area contributed by atoms with E-state index in [9.17, 15) is 8.42 Å². The van der Waals surface area contributed by atoms with Crippen molar-refractivity contribution < 1.29 is 8.42 Å². The highest BCUT2D eigenvalue weighted by Gasteiger charge is 2.05. The second-order valence-electron chi connectivity index (χ2n) is 5.09. The van der Waals surface area contributed by atoms with E-state index in [0.29, 0.717) is 18.9 Å². The zero-order valence-electron chi connectivity index (χ0n) is 11.4. The highest BCUT2D eigenvalue weighted by Crippen LogP contribution is 2.02. The van der Waals surface area contributed by atoms with Crippen molar-refractivity contribution in [2.45, 2.75) is 33.4 Å². The number of rotatable bonds is 8. The lowest BCUT2D eigenvalue weighted by atomic mass is 10.2. The molecule has 0 unspecified atom stereocenters. The molecule has 0 saturated heterocycles. The number of sulfone groups is 1. The van der Waals surface area contributed by atoms with Crippen molar-refractivity contribution in [2.24, 2.45) is 5.92 Å². The van der Waals surface area contributed by atoms with Crippen LogP contribution < -0.4 is 5.32 Å². The zero-order chi connectivity index (χ0) is 13.6. The maximum Gasteiger partial charge on any atom is 0.147 e. The number of imidazole rings is 1. The Morgan fingerprint density at radius 3 is 2.78 bits per heavy atom. The molecule has 1 rings (SSSR count). The molecule has 0 amide bonds. The van der Waals surface area contributed by atoms with E-state index in [1.54, 1.807) is 6.33 Å². The lowest BCUT2D eigenvalue weighted by molar-refractivity contribution is 0.531. The summed E-state index contributed by atoms with van der Waals surface area (Å²) in [7, 11) is -2.87. The number of hydrogen-bond acceptors (Lipinski definition) is 4. The maximum absolute atomic E-state index is 11.1. The monoisotopic (exact) mass is 273 g/mol. The van der Waals surface area contributed by atoms with Crippen molar-refractivity contribution in [3.05, 3.63) is 18.2 Å². The molecule has 18 heavy (non-hydrogen) atoms. The highest BCUT2D eigenvalue weighted by atomic mass is 32.2. The molecule has 0 spiro atoms. The predicted molar refractivity (Wildman–Crippen MR) is 73.1 cm³/mol. The van der Waals surface area contributed by atoms with Crippen molar-refractivity contribution >= 4 is 9.84 Å². The van der Waals surface area contributed by atoms with Crippen LogP contribution in [0.25, 0.3) is 0 Å². The Hall–Kier alpha value is -0.880. The first-order valence-corrected chi connectivity index (χ1v) is 8.32. The zero-order valence-corrected chi connectivity index (χ0v) is 12.2. The van der Waals surface area contributed by atoms with Crippen molar-refractivity contribution in [2.75, 3.05) is 18.6 Å². The molecule has 0 aliphatic carbocycles. The van der Waals surface area contributed by atoms with Crippen LogP contribution in [-0.4, -0.2) is 36.5 Å². The summed E-state index contributed by atoms with van der Waals surface area (Å²) in [5.41, 5.74) is 1.10. The Kier molecular flexibility index (Phi) is 5.81. The second-order valence-corrected chi connectivity index (χ2v) is 7.35. The van der Waals surface area contributed by atoms with Gasteiger partial charge in [0.2, 0.25) is 0 Å². The van der Waals surface area contributed by atoms with Gasteiger partial charge in [0.1, 0.15) is 9.84 Å². The first-order chi connectivity index (χ1) is 8.38. The van der Waals surface area contributed by atoms with E-state index in [1.165, 1.54) is 6.26 Å². The number of hydrogen-bond donors (Lipinski definition) is 1. The van der Waals surface area contributed by atoms with Crippen LogP contribution in [-0.2, 0) is 22.9 Å². The minimum absolute atomic E-state index is 0.226. The summed E-state index contributed by atoms with van der Waals surface area (Å²) in [6.07, 6.45) is 5.49. The van der Waals surface area contributed by atoms with Gasteiger partial charge in [0.15, 0.2) is 0 Å².